The van der Waals surface area contributed by atoms with E-state index in [2.05, 4.69) is 21.0 Å². The molecule has 1 aliphatic rings. The zero-order valence-corrected chi connectivity index (χ0v) is 18.2. The summed E-state index contributed by atoms with van der Waals surface area (Å²) in [5.41, 5.74) is 0.926. The van der Waals surface area contributed by atoms with E-state index in [-0.39, 0.29) is 10.9 Å². The minimum atomic E-state index is -4.48. The molecule has 4 aromatic rings. The summed E-state index contributed by atoms with van der Waals surface area (Å²) in [6.45, 7) is 2.03. The van der Waals surface area contributed by atoms with Gasteiger partial charge in [-0.15, -0.1) is 11.8 Å². The van der Waals surface area contributed by atoms with Crippen LogP contribution >= 0.6 is 11.8 Å². The van der Waals surface area contributed by atoms with Crippen LogP contribution in [0.15, 0.2) is 41.6 Å². The lowest BCUT2D eigenvalue weighted by molar-refractivity contribution is -0.137. The smallest absolute Gasteiger partial charge is 0.310 e. The van der Waals surface area contributed by atoms with Gasteiger partial charge >= 0.3 is 6.18 Å². The lowest BCUT2D eigenvalue weighted by atomic mass is 9.95. The third-order valence-electron chi connectivity index (χ3n) is 5.90. The summed E-state index contributed by atoms with van der Waals surface area (Å²) in [5.74, 6) is 1.25. The average molecular weight is 453 g/mol. The molecule has 0 N–H and O–H groups in total. The summed E-state index contributed by atoms with van der Waals surface area (Å²) in [4.78, 5) is 14.0. The summed E-state index contributed by atoms with van der Waals surface area (Å²) < 4.78 is 41.0. The first-order valence-electron chi connectivity index (χ1n) is 10.1. The predicted molar refractivity (Wildman–Crippen MR) is 117 cm³/mol. The fourth-order valence-electron chi connectivity index (χ4n) is 3.98. The van der Waals surface area contributed by atoms with Gasteiger partial charge in [0, 0.05) is 29.7 Å². The maximum Gasteiger partial charge on any atom is 0.417 e. The second kappa shape index (κ2) is 7.20. The molecule has 0 unspecified atom stereocenters. The normalized spacial score (nSPS) is 15.2. The van der Waals surface area contributed by atoms with Gasteiger partial charge in [0.2, 0.25) is 0 Å². The molecule has 3 heterocycles. The number of imidazole rings is 1. The number of thioether (sulfide) groups is 1. The van der Waals surface area contributed by atoms with Crippen molar-refractivity contribution >= 4 is 33.7 Å². The van der Waals surface area contributed by atoms with E-state index in [0.717, 1.165) is 52.1 Å². The molecule has 0 spiro atoms. The highest BCUT2D eigenvalue weighted by Crippen LogP contribution is 2.48. The van der Waals surface area contributed by atoms with E-state index in [1.807, 2.05) is 25.1 Å². The predicted octanol–water partition coefficient (Wildman–Crippen LogP) is 5.87. The number of pyridine rings is 2. The fraction of sp³-hybridized carbons (Fsp3) is 0.304. The molecule has 5 nitrogen and oxygen atoms in total. The highest BCUT2D eigenvalue weighted by molar-refractivity contribution is 7.99. The van der Waals surface area contributed by atoms with E-state index in [1.54, 1.807) is 29.6 Å². The number of fused-ring (bicyclic) bond motifs is 2. The highest BCUT2D eigenvalue weighted by atomic mass is 32.2. The van der Waals surface area contributed by atoms with Gasteiger partial charge in [0.25, 0.3) is 0 Å². The number of alkyl halides is 3. The van der Waals surface area contributed by atoms with Gasteiger partial charge in [-0.1, -0.05) is 19.1 Å². The van der Waals surface area contributed by atoms with Crippen LogP contribution in [0, 0.1) is 11.3 Å². The monoisotopic (exact) mass is 453 g/mol. The van der Waals surface area contributed by atoms with Crippen molar-refractivity contribution in [2.24, 2.45) is 7.05 Å². The SMILES string of the molecule is CCSc1c(-c2nc3cc(C(F)(F)F)cnc3n2C)ncc2cc(C3(C#N)CC3)ccc12. The summed E-state index contributed by atoms with van der Waals surface area (Å²) in [6.07, 6.45) is -0.180. The maximum absolute atomic E-state index is 13.1. The molecule has 1 aromatic carbocycles. The molecule has 1 fully saturated rings. The fourth-order valence-corrected chi connectivity index (χ4v) is 4.89. The van der Waals surface area contributed by atoms with E-state index >= 15 is 0 Å². The third-order valence-corrected chi connectivity index (χ3v) is 6.89. The second-order valence-corrected chi connectivity index (χ2v) is 9.20. The van der Waals surface area contributed by atoms with Crippen LogP contribution in [0.1, 0.15) is 30.9 Å². The van der Waals surface area contributed by atoms with Gasteiger partial charge in [0.15, 0.2) is 11.5 Å². The number of nitriles is 1. The number of halogens is 3. The van der Waals surface area contributed by atoms with Crippen molar-refractivity contribution in [3.8, 4) is 17.6 Å². The quantitative estimate of drug-likeness (QED) is 0.362. The standard InChI is InChI=1S/C23H18F3N5S/c1-3-32-19-16-5-4-14(22(12-27)6-7-22)8-13(16)10-28-18(19)21-30-17-9-15(23(24,25)26)11-29-20(17)31(21)2/h4-5,8-11H,3,6-7H2,1-2H3. The first-order chi connectivity index (χ1) is 15.3. The first kappa shape index (κ1) is 20.8. The van der Waals surface area contributed by atoms with Gasteiger partial charge in [0.05, 0.1) is 17.0 Å². The summed E-state index contributed by atoms with van der Waals surface area (Å²) in [7, 11) is 1.73. The van der Waals surface area contributed by atoms with Crippen LogP contribution in [0.25, 0.3) is 33.5 Å². The Morgan fingerprint density at radius 1 is 1.19 bits per heavy atom. The molecule has 5 rings (SSSR count). The zero-order chi connectivity index (χ0) is 22.7. The molecule has 0 aliphatic heterocycles. The van der Waals surface area contributed by atoms with Gasteiger partial charge in [-0.25, -0.2) is 9.97 Å². The van der Waals surface area contributed by atoms with Crippen LogP contribution in [-0.2, 0) is 18.6 Å². The van der Waals surface area contributed by atoms with Gasteiger partial charge in [-0.3, -0.25) is 4.98 Å². The maximum atomic E-state index is 13.1. The first-order valence-corrected chi connectivity index (χ1v) is 11.1. The van der Waals surface area contributed by atoms with Crippen molar-refractivity contribution in [2.75, 3.05) is 5.75 Å². The number of hydrogen-bond donors (Lipinski definition) is 0. The number of aromatic nitrogens is 4. The Labute approximate surface area is 186 Å². The Morgan fingerprint density at radius 2 is 1.97 bits per heavy atom. The summed E-state index contributed by atoms with van der Waals surface area (Å²) >= 11 is 1.61. The van der Waals surface area contributed by atoms with Crippen LogP contribution in [0.3, 0.4) is 0 Å². The molecule has 0 amide bonds. The molecule has 1 aliphatic carbocycles. The minimum absolute atomic E-state index is 0.173. The second-order valence-electron chi connectivity index (χ2n) is 7.92. The van der Waals surface area contributed by atoms with Crippen LogP contribution < -0.4 is 0 Å². The lowest BCUT2D eigenvalue weighted by Crippen LogP contribution is -2.05. The Bertz CT molecular complexity index is 1410. The molecule has 0 atom stereocenters. The van der Waals surface area contributed by atoms with Gasteiger partial charge < -0.3 is 4.57 Å². The number of hydrogen-bond acceptors (Lipinski definition) is 5. The molecule has 32 heavy (non-hydrogen) atoms. The Hall–Kier alpha value is -3.12. The number of rotatable bonds is 4. The molecule has 162 valence electrons. The van der Waals surface area contributed by atoms with Crippen molar-refractivity contribution in [3.63, 3.8) is 0 Å². The van der Waals surface area contributed by atoms with E-state index < -0.39 is 11.7 Å². The molecule has 9 heteroatoms. The van der Waals surface area contributed by atoms with E-state index in [0.29, 0.717) is 17.2 Å². The van der Waals surface area contributed by atoms with Crippen molar-refractivity contribution in [1.29, 1.82) is 5.26 Å². The molecule has 3 aromatic heterocycles. The topological polar surface area (TPSA) is 67.4 Å². The lowest BCUT2D eigenvalue weighted by Gasteiger charge is -2.13. The Morgan fingerprint density at radius 3 is 2.62 bits per heavy atom. The van der Waals surface area contributed by atoms with Crippen molar-refractivity contribution in [2.45, 2.75) is 36.3 Å². The molecule has 0 radical (unpaired) electrons. The van der Waals surface area contributed by atoms with E-state index in [1.165, 1.54) is 0 Å². The van der Waals surface area contributed by atoms with Crippen LogP contribution in [0.2, 0.25) is 0 Å². The van der Waals surface area contributed by atoms with Crippen LogP contribution in [0.5, 0.6) is 0 Å². The van der Waals surface area contributed by atoms with E-state index in [4.69, 9.17) is 0 Å². The van der Waals surface area contributed by atoms with Gasteiger partial charge in [-0.2, -0.15) is 18.4 Å². The molecule has 0 bridgehead atoms. The van der Waals surface area contributed by atoms with E-state index in [9.17, 15) is 18.4 Å². The van der Waals surface area contributed by atoms with Crippen LogP contribution in [-0.4, -0.2) is 25.3 Å². The van der Waals surface area contributed by atoms with Crippen LogP contribution in [0.4, 0.5) is 13.2 Å². The zero-order valence-electron chi connectivity index (χ0n) is 17.4. The third kappa shape index (κ3) is 3.21. The highest BCUT2D eigenvalue weighted by Gasteiger charge is 2.45. The Kier molecular flexibility index (Phi) is 4.67. The van der Waals surface area contributed by atoms with Gasteiger partial charge in [-0.05, 0) is 41.7 Å². The van der Waals surface area contributed by atoms with Gasteiger partial charge in [0.1, 0.15) is 11.2 Å². The molecular weight excluding hydrogens is 435 g/mol. The number of aryl methyl sites for hydroxylation is 1. The summed E-state index contributed by atoms with van der Waals surface area (Å²) in [5, 5.41) is 11.4. The average Bonchev–Trinajstić information content (AvgIpc) is 3.51. The minimum Gasteiger partial charge on any atom is -0.310 e. The number of nitrogens with zero attached hydrogens (tertiary/aromatic N) is 5. The van der Waals surface area contributed by atoms with Crippen molar-refractivity contribution in [3.05, 3.63) is 47.8 Å². The summed E-state index contributed by atoms with van der Waals surface area (Å²) in [6, 6.07) is 9.46. The number of benzene rings is 1. The molecular formula is C23H18F3N5S. The Balaban J connectivity index is 1.69. The van der Waals surface area contributed by atoms with Crippen molar-refractivity contribution in [1.82, 2.24) is 19.5 Å². The molecule has 0 saturated heterocycles. The molecule has 1 saturated carbocycles. The van der Waals surface area contributed by atoms with Crippen molar-refractivity contribution < 1.29 is 13.2 Å². The largest absolute Gasteiger partial charge is 0.417 e.